The van der Waals surface area contributed by atoms with Crippen LogP contribution in [0.3, 0.4) is 0 Å². The molecule has 0 aliphatic rings. The number of hydrogen-bond donors (Lipinski definition) is 1. The van der Waals surface area contributed by atoms with Gasteiger partial charge < -0.3 is 0 Å². The second-order valence-corrected chi connectivity index (χ2v) is 2.90. The number of carbonyl (C=O) groups excluding carboxylic acids is 1. The van der Waals surface area contributed by atoms with E-state index < -0.39 is 0 Å². The number of nitrogens with one attached hydrogen (secondary N) is 1. The summed E-state index contributed by atoms with van der Waals surface area (Å²) in [6, 6.07) is 0. The van der Waals surface area contributed by atoms with Crippen molar-refractivity contribution in [2.24, 2.45) is 0 Å². The molecule has 0 saturated heterocycles. The van der Waals surface area contributed by atoms with Crippen molar-refractivity contribution in [1.82, 2.24) is 19.4 Å². The number of carbonyl (C=O) groups is 1. The van der Waals surface area contributed by atoms with E-state index in [0.29, 0.717) is 17.4 Å². The van der Waals surface area contributed by atoms with E-state index in [1.807, 2.05) is 0 Å². The van der Waals surface area contributed by atoms with Crippen molar-refractivity contribution in [2.75, 3.05) is 5.32 Å². The lowest BCUT2D eigenvalue weighted by atomic mass is 10.6. The van der Waals surface area contributed by atoms with Crippen LogP contribution < -0.4 is 5.32 Å². The Morgan fingerprint density at radius 3 is 3.00 bits per heavy atom. The van der Waals surface area contributed by atoms with Gasteiger partial charge in [0.15, 0.2) is 5.65 Å². The monoisotopic (exact) mass is 191 g/mol. The first-order chi connectivity index (χ1) is 6.66. The number of anilines is 1. The molecular weight excluding hydrogens is 182 g/mol. The van der Waals surface area contributed by atoms with E-state index >= 15 is 0 Å². The van der Waals surface area contributed by atoms with Crippen LogP contribution in [-0.4, -0.2) is 25.3 Å². The molecule has 72 valence electrons. The number of imidazole rings is 1. The minimum atomic E-state index is -0.168. The van der Waals surface area contributed by atoms with Gasteiger partial charge in [-0.15, -0.1) is 0 Å². The van der Waals surface area contributed by atoms with E-state index in [4.69, 9.17) is 0 Å². The van der Waals surface area contributed by atoms with Gasteiger partial charge in [0.1, 0.15) is 12.2 Å². The van der Waals surface area contributed by atoms with Crippen LogP contribution in [0.25, 0.3) is 5.65 Å². The third-order valence-electron chi connectivity index (χ3n) is 1.68. The zero-order valence-electron chi connectivity index (χ0n) is 7.85. The number of rotatable bonds is 1. The Balaban J connectivity index is 2.60. The van der Waals surface area contributed by atoms with E-state index in [9.17, 15) is 4.79 Å². The lowest BCUT2D eigenvalue weighted by molar-refractivity contribution is -0.114. The Kier molecular flexibility index (Phi) is 1.88. The van der Waals surface area contributed by atoms with E-state index in [2.05, 4.69) is 20.3 Å². The van der Waals surface area contributed by atoms with Crippen molar-refractivity contribution in [1.29, 1.82) is 0 Å². The van der Waals surface area contributed by atoms with Crippen molar-refractivity contribution < 1.29 is 4.79 Å². The maximum absolute atomic E-state index is 10.9. The summed E-state index contributed by atoms with van der Waals surface area (Å²) < 4.78 is 1.62. The van der Waals surface area contributed by atoms with Crippen LogP contribution >= 0.6 is 0 Å². The fourth-order valence-corrected chi connectivity index (χ4v) is 1.18. The predicted molar refractivity (Wildman–Crippen MR) is 49.8 cm³/mol. The van der Waals surface area contributed by atoms with Gasteiger partial charge in [0.2, 0.25) is 11.9 Å². The molecule has 0 fully saturated rings. The zero-order valence-corrected chi connectivity index (χ0v) is 7.85. The molecule has 0 spiro atoms. The van der Waals surface area contributed by atoms with Crippen molar-refractivity contribution in [3.05, 3.63) is 18.3 Å². The topological polar surface area (TPSA) is 72.2 Å². The smallest absolute Gasteiger partial charge is 0.223 e. The highest BCUT2D eigenvalue weighted by molar-refractivity contribution is 5.87. The minimum Gasteiger partial charge on any atom is -0.296 e. The number of hydrogen-bond acceptors (Lipinski definition) is 4. The van der Waals surface area contributed by atoms with Gasteiger partial charge in [0.25, 0.3) is 0 Å². The normalized spacial score (nSPS) is 10.4. The molecule has 2 aromatic rings. The summed E-state index contributed by atoms with van der Waals surface area (Å²) in [5.41, 5.74) is 0.668. The van der Waals surface area contributed by atoms with Gasteiger partial charge in [0, 0.05) is 6.92 Å². The highest BCUT2D eigenvalue weighted by atomic mass is 16.1. The molecule has 0 radical (unpaired) electrons. The molecule has 0 saturated carbocycles. The molecular formula is C8H9N5O. The molecule has 0 aromatic carbocycles. The van der Waals surface area contributed by atoms with E-state index in [1.54, 1.807) is 23.8 Å². The minimum absolute atomic E-state index is 0.168. The Bertz CT molecular complexity index is 489. The number of amides is 1. The SMILES string of the molecule is CC(=O)Nc1nc(C)nc2cncn12. The summed E-state index contributed by atoms with van der Waals surface area (Å²) in [6.45, 7) is 3.19. The van der Waals surface area contributed by atoms with Crippen molar-refractivity contribution in [2.45, 2.75) is 13.8 Å². The third kappa shape index (κ3) is 1.41. The Labute approximate surface area is 80.0 Å². The molecule has 0 atom stereocenters. The third-order valence-corrected chi connectivity index (χ3v) is 1.68. The summed E-state index contributed by atoms with van der Waals surface area (Å²) in [5, 5.41) is 2.61. The molecule has 1 amide bonds. The molecule has 0 aliphatic heterocycles. The van der Waals surface area contributed by atoms with E-state index in [1.165, 1.54) is 6.92 Å². The molecule has 14 heavy (non-hydrogen) atoms. The summed E-state index contributed by atoms with van der Waals surface area (Å²) in [6.07, 6.45) is 3.17. The van der Waals surface area contributed by atoms with Gasteiger partial charge in [-0.2, -0.15) is 4.98 Å². The number of aromatic nitrogens is 4. The first kappa shape index (κ1) is 8.61. The lowest BCUT2D eigenvalue weighted by Crippen LogP contribution is -2.12. The van der Waals surface area contributed by atoms with Crippen LogP contribution in [0.1, 0.15) is 12.7 Å². The standard InChI is InChI=1S/C8H9N5O/c1-5-10-7-3-9-4-13(7)8(11-5)12-6(2)14/h3-4H,1-2H3,(H,10,11,12,14). The summed E-state index contributed by atoms with van der Waals surface area (Å²) >= 11 is 0. The summed E-state index contributed by atoms with van der Waals surface area (Å²) in [4.78, 5) is 23.0. The summed E-state index contributed by atoms with van der Waals surface area (Å²) in [5.74, 6) is 0.873. The quantitative estimate of drug-likeness (QED) is 0.707. The average molecular weight is 191 g/mol. The molecule has 0 unspecified atom stereocenters. The Morgan fingerprint density at radius 1 is 1.50 bits per heavy atom. The van der Waals surface area contributed by atoms with Gasteiger partial charge in [-0.3, -0.25) is 14.5 Å². The van der Waals surface area contributed by atoms with Crippen molar-refractivity contribution in [3.63, 3.8) is 0 Å². The first-order valence-corrected chi connectivity index (χ1v) is 4.11. The molecule has 2 aromatic heterocycles. The van der Waals surface area contributed by atoms with Gasteiger partial charge in [0.05, 0.1) is 6.20 Å². The second kappa shape index (κ2) is 3.06. The molecule has 6 heteroatoms. The molecule has 6 nitrogen and oxygen atoms in total. The molecule has 2 heterocycles. The first-order valence-electron chi connectivity index (χ1n) is 4.11. The van der Waals surface area contributed by atoms with Crippen LogP contribution in [0.15, 0.2) is 12.5 Å². The number of fused-ring (bicyclic) bond motifs is 1. The fraction of sp³-hybridized carbons (Fsp3) is 0.250. The van der Waals surface area contributed by atoms with Crippen LogP contribution in [0.5, 0.6) is 0 Å². The van der Waals surface area contributed by atoms with Crippen LogP contribution in [0.4, 0.5) is 5.95 Å². The fourth-order valence-electron chi connectivity index (χ4n) is 1.18. The largest absolute Gasteiger partial charge is 0.296 e. The van der Waals surface area contributed by atoms with Gasteiger partial charge in [-0.1, -0.05) is 0 Å². The lowest BCUT2D eigenvalue weighted by Gasteiger charge is -2.04. The maximum atomic E-state index is 10.9. The Morgan fingerprint density at radius 2 is 2.29 bits per heavy atom. The number of aryl methyl sites for hydroxylation is 1. The van der Waals surface area contributed by atoms with Gasteiger partial charge in [-0.05, 0) is 6.92 Å². The van der Waals surface area contributed by atoms with Gasteiger partial charge >= 0.3 is 0 Å². The second-order valence-electron chi connectivity index (χ2n) is 2.90. The molecule has 1 N–H and O–H groups in total. The van der Waals surface area contributed by atoms with E-state index in [-0.39, 0.29) is 5.91 Å². The molecule has 0 aliphatic carbocycles. The predicted octanol–water partition coefficient (Wildman–Crippen LogP) is 0.391. The highest BCUT2D eigenvalue weighted by Crippen LogP contribution is 2.07. The number of nitrogens with zero attached hydrogens (tertiary/aromatic N) is 4. The maximum Gasteiger partial charge on any atom is 0.223 e. The highest BCUT2D eigenvalue weighted by Gasteiger charge is 2.05. The molecule has 2 rings (SSSR count). The van der Waals surface area contributed by atoms with E-state index in [0.717, 1.165) is 0 Å². The summed E-state index contributed by atoms with van der Waals surface area (Å²) in [7, 11) is 0. The zero-order chi connectivity index (χ0) is 10.1. The Hall–Kier alpha value is -1.98. The van der Waals surface area contributed by atoms with Crippen LogP contribution in [-0.2, 0) is 4.79 Å². The van der Waals surface area contributed by atoms with Crippen LogP contribution in [0.2, 0.25) is 0 Å². The molecule has 0 bridgehead atoms. The van der Waals surface area contributed by atoms with Gasteiger partial charge in [-0.25, -0.2) is 9.97 Å². The van der Waals surface area contributed by atoms with Crippen molar-refractivity contribution in [3.8, 4) is 0 Å². The van der Waals surface area contributed by atoms with Crippen LogP contribution in [0, 0.1) is 6.92 Å². The van der Waals surface area contributed by atoms with Crippen molar-refractivity contribution >= 4 is 17.5 Å². The average Bonchev–Trinajstić information content (AvgIpc) is 2.50.